The Balaban J connectivity index is 1.71. The van der Waals surface area contributed by atoms with Crippen molar-refractivity contribution in [1.29, 1.82) is 0 Å². The van der Waals surface area contributed by atoms with Crippen LogP contribution in [0.3, 0.4) is 0 Å². The van der Waals surface area contributed by atoms with Crippen LogP contribution >= 0.6 is 0 Å². The highest BCUT2D eigenvalue weighted by Crippen LogP contribution is 2.30. The molecule has 7 heteroatoms. The van der Waals surface area contributed by atoms with Crippen LogP contribution in [0.2, 0.25) is 0 Å². The lowest BCUT2D eigenvalue weighted by molar-refractivity contribution is -0.137. The molecule has 2 aromatic carbocycles. The number of hydrogen-bond donors (Lipinski definition) is 1. The monoisotopic (exact) mass is 412 g/mol. The van der Waals surface area contributed by atoms with Gasteiger partial charge in [0.2, 0.25) is 5.91 Å². The van der Waals surface area contributed by atoms with Crippen molar-refractivity contribution in [2.75, 3.05) is 5.32 Å². The van der Waals surface area contributed by atoms with Crippen molar-refractivity contribution >= 4 is 17.4 Å². The highest BCUT2D eigenvalue weighted by atomic mass is 19.4. The Bertz CT molecular complexity index is 1080. The quantitative estimate of drug-likeness (QED) is 0.427. The van der Waals surface area contributed by atoms with Gasteiger partial charge in [-0.2, -0.15) is 13.2 Å². The molecular formula is C23H19F3N2O2. The molecule has 0 saturated carbocycles. The summed E-state index contributed by atoms with van der Waals surface area (Å²) in [6, 6.07) is 14.9. The summed E-state index contributed by atoms with van der Waals surface area (Å²) in [5.74, 6) is -1.10. The van der Waals surface area contributed by atoms with Gasteiger partial charge in [0.25, 0.3) is 0 Å². The number of amides is 1. The largest absolute Gasteiger partial charge is 0.416 e. The highest BCUT2D eigenvalue weighted by Gasteiger charge is 2.30. The molecule has 154 valence electrons. The first-order chi connectivity index (χ1) is 14.3. The first-order valence-corrected chi connectivity index (χ1v) is 9.32. The average Bonchev–Trinajstić information content (AvgIpc) is 2.73. The lowest BCUT2D eigenvalue weighted by Crippen LogP contribution is -2.17. The number of benzene rings is 2. The fraction of sp³-hybridized carbons (Fsp3) is 0.174. The summed E-state index contributed by atoms with van der Waals surface area (Å²) in [6.45, 7) is 2.00. The summed E-state index contributed by atoms with van der Waals surface area (Å²) in [5.41, 5.74) is 2.11. The molecule has 1 N–H and O–H groups in total. The number of nitrogens with one attached hydrogen (secondary N) is 1. The zero-order valence-electron chi connectivity index (χ0n) is 16.2. The zero-order valence-corrected chi connectivity index (χ0v) is 16.2. The van der Waals surface area contributed by atoms with Crippen molar-refractivity contribution in [1.82, 2.24) is 4.98 Å². The van der Waals surface area contributed by atoms with E-state index in [1.54, 1.807) is 24.4 Å². The summed E-state index contributed by atoms with van der Waals surface area (Å²) in [4.78, 5) is 29.0. The molecule has 0 aliphatic carbocycles. The number of pyridine rings is 1. The molecule has 0 atom stereocenters. The minimum absolute atomic E-state index is 0.0137. The molecule has 0 spiro atoms. The van der Waals surface area contributed by atoms with E-state index in [9.17, 15) is 22.8 Å². The number of carbonyl (C=O) groups excluding carboxylic acids is 2. The topological polar surface area (TPSA) is 59.1 Å². The van der Waals surface area contributed by atoms with E-state index in [-0.39, 0.29) is 5.69 Å². The molecule has 0 aliphatic rings. The molecule has 0 bridgehead atoms. The molecule has 0 radical (unpaired) electrons. The van der Waals surface area contributed by atoms with E-state index in [1.807, 2.05) is 25.1 Å². The van der Waals surface area contributed by atoms with Crippen molar-refractivity contribution in [3.63, 3.8) is 0 Å². The van der Waals surface area contributed by atoms with Crippen molar-refractivity contribution in [2.45, 2.75) is 25.9 Å². The average molecular weight is 412 g/mol. The summed E-state index contributed by atoms with van der Waals surface area (Å²) in [6.07, 6.45) is -2.51. The van der Waals surface area contributed by atoms with Crippen LogP contribution in [-0.2, 0) is 17.4 Å². The number of rotatable bonds is 6. The maximum Gasteiger partial charge on any atom is 0.416 e. The van der Waals surface area contributed by atoms with Crippen LogP contribution < -0.4 is 5.32 Å². The van der Waals surface area contributed by atoms with Gasteiger partial charge in [0, 0.05) is 23.1 Å². The minimum atomic E-state index is -4.51. The van der Waals surface area contributed by atoms with Gasteiger partial charge in [0.15, 0.2) is 5.78 Å². The number of hydrogen-bond acceptors (Lipinski definition) is 3. The summed E-state index contributed by atoms with van der Waals surface area (Å²) < 4.78 is 38.4. The predicted molar refractivity (Wildman–Crippen MR) is 108 cm³/mol. The third-order valence-corrected chi connectivity index (χ3v) is 4.49. The Morgan fingerprint density at radius 3 is 2.43 bits per heavy atom. The second kappa shape index (κ2) is 8.90. The van der Waals surface area contributed by atoms with Crippen molar-refractivity contribution in [2.24, 2.45) is 0 Å². The Morgan fingerprint density at radius 1 is 0.967 bits per heavy atom. The van der Waals surface area contributed by atoms with E-state index < -0.39 is 29.9 Å². The van der Waals surface area contributed by atoms with Crippen LogP contribution in [0.1, 0.15) is 35.0 Å². The molecule has 0 aliphatic heterocycles. The Labute approximate surface area is 171 Å². The normalized spacial score (nSPS) is 11.2. The van der Waals surface area contributed by atoms with Crippen molar-refractivity contribution in [3.05, 3.63) is 83.7 Å². The Kier molecular flexibility index (Phi) is 6.30. The third-order valence-electron chi connectivity index (χ3n) is 4.49. The van der Waals surface area contributed by atoms with Gasteiger partial charge in [-0.1, -0.05) is 31.2 Å². The van der Waals surface area contributed by atoms with Gasteiger partial charge in [0.1, 0.15) is 0 Å². The van der Waals surface area contributed by atoms with Gasteiger partial charge >= 0.3 is 6.18 Å². The van der Waals surface area contributed by atoms with Gasteiger partial charge in [-0.3, -0.25) is 14.6 Å². The Morgan fingerprint density at radius 2 is 1.70 bits per heavy atom. The fourth-order valence-electron chi connectivity index (χ4n) is 2.95. The molecule has 4 nitrogen and oxygen atoms in total. The number of carbonyl (C=O) groups is 2. The molecule has 30 heavy (non-hydrogen) atoms. The molecule has 1 aromatic heterocycles. The van der Waals surface area contributed by atoms with Crippen molar-refractivity contribution in [3.8, 4) is 11.1 Å². The molecule has 1 amide bonds. The number of halogens is 3. The minimum Gasteiger partial charge on any atom is -0.326 e. The molecule has 0 fully saturated rings. The molecule has 0 saturated heterocycles. The number of ketones is 1. The van der Waals surface area contributed by atoms with Gasteiger partial charge in [-0.05, 0) is 53.9 Å². The zero-order chi connectivity index (χ0) is 21.7. The van der Waals surface area contributed by atoms with E-state index in [0.29, 0.717) is 5.56 Å². The van der Waals surface area contributed by atoms with Crippen LogP contribution in [0.5, 0.6) is 0 Å². The fourth-order valence-corrected chi connectivity index (χ4v) is 2.95. The van der Waals surface area contributed by atoms with Gasteiger partial charge < -0.3 is 5.32 Å². The second-order valence-corrected chi connectivity index (χ2v) is 6.70. The maximum absolute atomic E-state index is 12.8. The van der Waals surface area contributed by atoms with Gasteiger partial charge in [-0.25, -0.2) is 0 Å². The summed E-state index contributed by atoms with van der Waals surface area (Å²) in [5, 5.41) is 2.35. The summed E-state index contributed by atoms with van der Waals surface area (Å²) >= 11 is 0. The van der Waals surface area contributed by atoms with Crippen LogP contribution in [0.25, 0.3) is 11.1 Å². The van der Waals surface area contributed by atoms with E-state index in [1.165, 1.54) is 12.1 Å². The predicted octanol–water partition coefficient (Wildman–Crippen LogP) is 5.54. The Hall–Kier alpha value is -3.48. The van der Waals surface area contributed by atoms with E-state index >= 15 is 0 Å². The molecule has 3 aromatic rings. The molecule has 3 rings (SSSR count). The van der Waals surface area contributed by atoms with Crippen LogP contribution in [-0.4, -0.2) is 16.7 Å². The molecular weight excluding hydrogens is 393 g/mol. The maximum atomic E-state index is 12.8. The first kappa shape index (κ1) is 21.2. The molecule has 0 unspecified atom stereocenters. The number of aryl methyl sites for hydroxylation is 1. The smallest absolute Gasteiger partial charge is 0.326 e. The number of nitrogens with zero attached hydrogens (tertiary/aromatic N) is 1. The third kappa shape index (κ3) is 5.31. The van der Waals surface area contributed by atoms with Gasteiger partial charge in [-0.15, -0.1) is 0 Å². The SMILES string of the molecule is CCc1cc(-c2cccc(C(=O)CC(=O)Nc3cccc(C(F)(F)F)c3)c2)ccn1. The number of alkyl halides is 3. The number of Topliss-reactive ketones (excluding diaryl/α,β-unsaturated/α-hetero) is 1. The van der Waals surface area contributed by atoms with Crippen LogP contribution in [0.4, 0.5) is 18.9 Å². The van der Waals surface area contributed by atoms with Crippen LogP contribution in [0, 0.1) is 0 Å². The second-order valence-electron chi connectivity index (χ2n) is 6.70. The molecule has 1 heterocycles. The standard InChI is InChI=1S/C23H19F3N2O2/c1-2-19-12-16(9-10-27-19)15-5-3-6-17(11-15)21(29)14-22(30)28-20-8-4-7-18(13-20)23(24,25)26/h3-13H,2,14H2,1H3,(H,28,30). The van der Waals surface area contributed by atoms with E-state index in [2.05, 4.69) is 10.3 Å². The number of anilines is 1. The number of aromatic nitrogens is 1. The van der Waals surface area contributed by atoms with Gasteiger partial charge in [0.05, 0.1) is 12.0 Å². The van der Waals surface area contributed by atoms with Crippen LogP contribution in [0.15, 0.2) is 66.9 Å². The summed E-state index contributed by atoms with van der Waals surface area (Å²) in [7, 11) is 0. The van der Waals surface area contributed by atoms with E-state index in [0.717, 1.165) is 35.4 Å². The van der Waals surface area contributed by atoms with Crippen molar-refractivity contribution < 1.29 is 22.8 Å². The first-order valence-electron chi connectivity index (χ1n) is 9.32. The lowest BCUT2D eigenvalue weighted by Gasteiger charge is -2.10. The lowest BCUT2D eigenvalue weighted by atomic mass is 10.00. The highest BCUT2D eigenvalue weighted by molar-refractivity contribution is 6.11. The van der Waals surface area contributed by atoms with E-state index in [4.69, 9.17) is 0 Å².